The SMILES string of the molecule is CCCC[C@H]1C[C@@H](C)N(C(=O)C(NC(=O)OC)C(C)C)C1. The Kier molecular flexibility index (Phi) is 6.99. The van der Waals surface area contributed by atoms with Gasteiger partial charge in [0, 0.05) is 12.6 Å². The van der Waals surface area contributed by atoms with E-state index in [1.807, 2.05) is 18.7 Å². The minimum absolute atomic E-state index is 0.0156. The molecule has 1 unspecified atom stereocenters. The van der Waals surface area contributed by atoms with Crippen LogP contribution in [0.1, 0.15) is 53.4 Å². The minimum atomic E-state index is -0.545. The molecule has 0 aromatic rings. The number of methoxy groups -OCH3 is 1. The van der Waals surface area contributed by atoms with Gasteiger partial charge in [0.15, 0.2) is 0 Å². The first-order chi connectivity index (χ1) is 9.90. The van der Waals surface area contributed by atoms with Crippen LogP contribution in [0.25, 0.3) is 0 Å². The lowest BCUT2D eigenvalue weighted by Crippen LogP contribution is -2.52. The zero-order valence-corrected chi connectivity index (χ0v) is 14.0. The van der Waals surface area contributed by atoms with Crippen LogP contribution in [-0.2, 0) is 9.53 Å². The molecule has 1 saturated heterocycles. The van der Waals surface area contributed by atoms with E-state index in [0.717, 1.165) is 13.0 Å². The van der Waals surface area contributed by atoms with Crippen molar-refractivity contribution in [2.75, 3.05) is 13.7 Å². The van der Waals surface area contributed by atoms with Crippen LogP contribution in [0.4, 0.5) is 4.79 Å². The fourth-order valence-corrected chi connectivity index (χ4v) is 3.03. The fourth-order valence-electron chi connectivity index (χ4n) is 3.03. The summed E-state index contributed by atoms with van der Waals surface area (Å²) in [6, 6.07) is -0.259. The number of carbonyl (C=O) groups excluding carboxylic acids is 2. The normalized spacial score (nSPS) is 23.2. The number of ether oxygens (including phenoxy) is 1. The van der Waals surface area contributed by atoms with E-state index in [1.54, 1.807) is 0 Å². The molecule has 0 aliphatic carbocycles. The first kappa shape index (κ1) is 17.8. The van der Waals surface area contributed by atoms with E-state index in [-0.39, 0.29) is 17.9 Å². The van der Waals surface area contributed by atoms with Crippen molar-refractivity contribution in [3.8, 4) is 0 Å². The minimum Gasteiger partial charge on any atom is -0.453 e. The van der Waals surface area contributed by atoms with Crippen LogP contribution < -0.4 is 5.32 Å². The molecule has 0 radical (unpaired) electrons. The van der Waals surface area contributed by atoms with Gasteiger partial charge in [-0.1, -0.05) is 33.6 Å². The molecule has 5 nitrogen and oxygen atoms in total. The monoisotopic (exact) mass is 298 g/mol. The highest BCUT2D eigenvalue weighted by molar-refractivity contribution is 5.86. The van der Waals surface area contributed by atoms with Crippen molar-refractivity contribution in [1.29, 1.82) is 0 Å². The summed E-state index contributed by atoms with van der Waals surface area (Å²) < 4.78 is 4.62. The number of unbranched alkanes of at least 4 members (excludes halogenated alkanes) is 1. The summed E-state index contributed by atoms with van der Waals surface area (Å²) in [7, 11) is 1.32. The highest BCUT2D eigenvalue weighted by Crippen LogP contribution is 2.28. The van der Waals surface area contributed by atoms with Crippen molar-refractivity contribution in [1.82, 2.24) is 10.2 Å². The molecule has 122 valence electrons. The third-order valence-corrected chi connectivity index (χ3v) is 4.30. The maximum atomic E-state index is 12.7. The van der Waals surface area contributed by atoms with Crippen molar-refractivity contribution in [3.63, 3.8) is 0 Å². The van der Waals surface area contributed by atoms with Crippen LogP contribution >= 0.6 is 0 Å². The van der Waals surface area contributed by atoms with Crippen LogP contribution in [0.5, 0.6) is 0 Å². The van der Waals surface area contributed by atoms with Gasteiger partial charge in [-0.25, -0.2) is 4.79 Å². The zero-order valence-electron chi connectivity index (χ0n) is 14.0. The largest absolute Gasteiger partial charge is 0.453 e. The second-order valence-electron chi connectivity index (χ2n) is 6.44. The number of hydrogen-bond donors (Lipinski definition) is 1. The topological polar surface area (TPSA) is 58.6 Å². The third kappa shape index (κ3) is 4.90. The molecule has 0 bridgehead atoms. The molecule has 1 aliphatic heterocycles. The molecular formula is C16H30N2O3. The lowest BCUT2D eigenvalue weighted by Gasteiger charge is -2.29. The molecule has 1 heterocycles. The number of nitrogens with zero attached hydrogens (tertiary/aromatic N) is 1. The molecule has 1 rings (SSSR count). The lowest BCUT2D eigenvalue weighted by molar-refractivity contribution is -0.135. The van der Waals surface area contributed by atoms with Crippen molar-refractivity contribution in [3.05, 3.63) is 0 Å². The second kappa shape index (κ2) is 8.25. The zero-order chi connectivity index (χ0) is 16.0. The van der Waals surface area contributed by atoms with E-state index in [9.17, 15) is 9.59 Å². The van der Waals surface area contributed by atoms with E-state index in [0.29, 0.717) is 5.92 Å². The van der Waals surface area contributed by atoms with Crippen LogP contribution in [0.3, 0.4) is 0 Å². The standard InChI is InChI=1S/C16H30N2O3/c1-6-7-8-13-9-12(4)18(10-13)15(19)14(11(2)3)17-16(20)21-5/h11-14H,6-10H2,1-5H3,(H,17,20)/t12-,13+,14?/m1/s1. The number of amides is 2. The van der Waals surface area contributed by atoms with Crippen molar-refractivity contribution >= 4 is 12.0 Å². The maximum Gasteiger partial charge on any atom is 0.407 e. The molecular weight excluding hydrogens is 268 g/mol. The smallest absolute Gasteiger partial charge is 0.407 e. The second-order valence-corrected chi connectivity index (χ2v) is 6.44. The fraction of sp³-hybridized carbons (Fsp3) is 0.875. The van der Waals surface area contributed by atoms with E-state index >= 15 is 0 Å². The van der Waals surface area contributed by atoms with Crippen LogP contribution in [-0.4, -0.2) is 42.6 Å². The lowest BCUT2D eigenvalue weighted by atomic mass is 10.00. The Labute approximate surface area is 128 Å². The summed E-state index contributed by atoms with van der Waals surface area (Å²) in [5.74, 6) is 0.648. The molecule has 2 amide bonds. The van der Waals surface area contributed by atoms with E-state index in [2.05, 4.69) is 23.9 Å². The van der Waals surface area contributed by atoms with Crippen LogP contribution in [0.2, 0.25) is 0 Å². The first-order valence-corrected chi connectivity index (χ1v) is 8.05. The Bertz CT molecular complexity index is 357. The number of likely N-dealkylation sites (tertiary alicyclic amines) is 1. The summed E-state index contributed by atoms with van der Waals surface area (Å²) in [5, 5.41) is 2.67. The van der Waals surface area contributed by atoms with Crippen molar-refractivity contribution in [2.45, 2.75) is 65.5 Å². The average Bonchev–Trinajstić information content (AvgIpc) is 2.82. The molecule has 0 spiro atoms. The summed E-state index contributed by atoms with van der Waals surface area (Å²) >= 11 is 0. The Morgan fingerprint density at radius 3 is 2.57 bits per heavy atom. The highest BCUT2D eigenvalue weighted by atomic mass is 16.5. The van der Waals surface area contributed by atoms with Gasteiger partial charge in [0.1, 0.15) is 6.04 Å². The molecule has 5 heteroatoms. The molecule has 3 atom stereocenters. The Morgan fingerprint density at radius 1 is 1.38 bits per heavy atom. The maximum absolute atomic E-state index is 12.7. The summed E-state index contributed by atoms with van der Waals surface area (Å²) in [4.78, 5) is 26.1. The highest BCUT2D eigenvalue weighted by Gasteiger charge is 2.37. The first-order valence-electron chi connectivity index (χ1n) is 8.05. The van der Waals surface area contributed by atoms with Gasteiger partial charge in [-0.15, -0.1) is 0 Å². The number of rotatable bonds is 6. The molecule has 1 aliphatic rings. The molecule has 0 saturated carbocycles. The number of carbonyl (C=O) groups is 2. The molecule has 0 aromatic heterocycles. The number of nitrogens with one attached hydrogen (secondary N) is 1. The summed E-state index contributed by atoms with van der Waals surface area (Å²) in [5.41, 5.74) is 0. The molecule has 1 N–H and O–H groups in total. The van der Waals surface area contributed by atoms with E-state index < -0.39 is 12.1 Å². The van der Waals surface area contributed by atoms with E-state index in [1.165, 1.54) is 26.4 Å². The predicted octanol–water partition coefficient (Wildman–Crippen LogP) is 2.79. The van der Waals surface area contributed by atoms with Gasteiger partial charge >= 0.3 is 6.09 Å². The van der Waals surface area contributed by atoms with E-state index in [4.69, 9.17) is 0 Å². The van der Waals surface area contributed by atoms with Crippen molar-refractivity contribution < 1.29 is 14.3 Å². The summed E-state index contributed by atoms with van der Waals surface area (Å²) in [6.45, 7) is 8.98. The quantitative estimate of drug-likeness (QED) is 0.820. The molecule has 0 aromatic carbocycles. The van der Waals surface area contributed by atoms with Gasteiger partial charge in [0.2, 0.25) is 5.91 Å². The van der Waals surface area contributed by atoms with Gasteiger partial charge in [-0.3, -0.25) is 4.79 Å². The molecule has 1 fully saturated rings. The van der Waals surface area contributed by atoms with Gasteiger partial charge in [0.25, 0.3) is 0 Å². The van der Waals surface area contributed by atoms with Gasteiger partial charge in [-0.2, -0.15) is 0 Å². The average molecular weight is 298 g/mol. The van der Waals surface area contributed by atoms with Gasteiger partial charge < -0.3 is 15.0 Å². The molecule has 21 heavy (non-hydrogen) atoms. The Balaban J connectivity index is 2.68. The van der Waals surface area contributed by atoms with Gasteiger partial charge in [0.05, 0.1) is 7.11 Å². The third-order valence-electron chi connectivity index (χ3n) is 4.30. The number of alkyl carbamates (subject to hydrolysis) is 1. The predicted molar refractivity (Wildman–Crippen MR) is 83.0 cm³/mol. The Hall–Kier alpha value is -1.26. The van der Waals surface area contributed by atoms with Gasteiger partial charge in [-0.05, 0) is 31.6 Å². The summed E-state index contributed by atoms with van der Waals surface area (Å²) in [6.07, 6.45) is 4.11. The Morgan fingerprint density at radius 2 is 2.05 bits per heavy atom. The number of hydrogen-bond acceptors (Lipinski definition) is 3. The van der Waals surface area contributed by atoms with Crippen LogP contribution in [0, 0.1) is 11.8 Å². The van der Waals surface area contributed by atoms with Crippen molar-refractivity contribution in [2.24, 2.45) is 11.8 Å². The van der Waals surface area contributed by atoms with Crippen LogP contribution in [0.15, 0.2) is 0 Å².